The van der Waals surface area contributed by atoms with Gasteiger partial charge in [0.05, 0.1) is 38.0 Å². The number of hydrogen-bond acceptors (Lipinski definition) is 6. The van der Waals surface area contributed by atoms with Crippen molar-refractivity contribution < 1.29 is 23.8 Å². The van der Waals surface area contributed by atoms with E-state index in [-0.39, 0.29) is 24.2 Å². The molecule has 7 nitrogen and oxygen atoms in total. The number of rotatable bonds is 7. The number of nitrogens with zero attached hydrogens (tertiary/aromatic N) is 1. The molecule has 164 valence electrons. The van der Waals surface area contributed by atoms with Gasteiger partial charge in [-0.05, 0) is 30.5 Å². The lowest BCUT2D eigenvalue weighted by molar-refractivity contribution is -0.305. The number of aromatic nitrogens is 1. The van der Waals surface area contributed by atoms with Crippen LogP contribution in [0.5, 0.6) is 0 Å². The number of ketones is 1. The average Bonchev–Trinajstić information content (AvgIpc) is 2.78. The molecule has 0 bridgehead atoms. The lowest BCUT2D eigenvalue weighted by atomic mass is 9.92. The lowest BCUT2D eigenvalue weighted by Gasteiger charge is -2.44. The Balaban J connectivity index is 1.31. The zero-order chi connectivity index (χ0) is 21.5. The topological polar surface area (TPSA) is 86.8 Å². The third-order valence-electron chi connectivity index (χ3n) is 5.56. The van der Waals surface area contributed by atoms with Crippen LogP contribution >= 0.6 is 0 Å². The van der Waals surface area contributed by atoms with Crippen molar-refractivity contribution in [3.63, 3.8) is 0 Å². The number of hydrogen-bond donors (Lipinski definition) is 1. The molecule has 2 aliphatic rings. The smallest absolute Gasteiger partial charge is 0.249 e. The second-order valence-electron chi connectivity index (χ2n) is 8.11. The minimum atomic E-state index is -1.04. The van der Waals surface area contributed by atoms with E-state index >= 15 is 0 Å². The summed E-state index contributed by atoms with van der Waals surface area (Å²) in [5.41, 5.74) is 1.85. The van der Waals surface area contributed by atoms with E-state index in [2.05, 4.69) is 10.3 Å². The molecule has 1 aromatic heterocycles. The third-order valence-corrected chi connectivity index (χ3v) is 5.56. The summed E-state index contributed by atoms with van der Waals surface area (Å²) in [5, 5.41) is 2.87. The van der Waals surface area contributed by atoms with Gasteiger partial charge in [-0.2, -0.15) is 0 Å². The minimum absolute atomic E-state index is 0.0779. The van der Waals surface area contributed by atoms with Crippen LogP contribution in [0.4, 0.5) is 0 Å². The summed E-state index contributed by atoms with van der Waals surface area (Å²) >= 11 is 0. The van der Waals surface area contributed by atoms with Crippen molar-refractivity contribution in [2.24, 2.45) is 0 Å². The molecular weight excluding hydrogens is 396 g/mol. The Labute approximate surface area is 182 Å². The summed E-state index contributed by atoms with van der Waals surface area (Å²) in [4.78, 5) is 29.3. The van der Waals surface area contributed by atoms with Gasteiger partial charge in [0, 0.05) is 19.0 Å². The summed E-state index contributed by atoms with van der Waals surface area (Å²) in [6.07, 6.45) is 3.10. The van der Waals surface area contributed by atoms with Gasteiger partial charge in [0.25, 0.3) is 0 Å². The highest BCUT2D eigenvalue weighted by molar-refractivity contribution is 5.82. The molecule has 2 aliphatic heterocycles. The molecule has 1 amide bonds. The van der Waals surface area contributed by atoms with Crippen molar-refractivity contribution >= 4 is 11.7 Å². The maximum Gasteiger partial charge on any atom is 0.249 e. The predicted molar refractivity (Wildman–Crippen MR) is 113 cm³/mol. The molecule has 0 aliphatic carbocycles. The molecule has 2 aromatic rings. The summed E-state index contributed by atoms with van der Waals surface area (Å²) in [5.74, 6) is -1.17. The van der Waals surface area contributed by atoms with Crippen LogP contribution in [0.1, 0.15) is 43.4 Å². The van der Waals surface area contributed by atoms with Gasteiger partial charge in [-0.3, -0.25) is 14.6 Å². The van der Waals surface area contributed by atoms with Crippen LogP contribution in [0.2, 0.25) is 0 Å². The highest BCUT2D eigenvalue weighted by atomic mass is 16.7. The average molecular weight is 424 g/mol. The first-order valence-electron chi connectivity index (χ1n) is 10.8. The molecule has 2 saturated heterocycles. The van der Waals surface area contributed by atoms with Crippen molar-refractivity contribution in [2.75, 3.05) is 6.61 Å². The Bertz CT molecular complexity index is 876. The molecule has 2 fully saturated rings. The summed E-state index contributed by atoms with van der Waals surface area (Å²) in [6, 6.07) is 15.4. The Kier molecular flexibility index (Phi) is 7.06. The number of carbonyl (C=O) groups excluding carboxylic acids is 2. The maximum absolute atomic E-state index is 12.7. The van der Waals surface area contributed by atoms with Crippen LogP contribution < -0.4 is 5.32 Å². The number of amides is 1. The van der Waals surface area contributed by atoms with Crippen LogP contribution in [-0.4, -0.2) is 41.3 Å². The molecule has 1 spiro atoms. The number of nitrogens with one attached hydrogen (secondary N) is 1. The standard InChI is InChI=1S/C24H28N2O5/c27-20-13-21(17-29-16-18-7-2-1-3-8-18)30-24(14-20)11-6-10-22(31-24)23(28)26-15-19-9-4-5-12-25-19/h1-5,7-9,12,21-22H,6,10-11,13-17H2,(H,26,28)/t21-,22-,24+/m0/s1. The number of ether oxygens (including phenoxy) is 3. The molecule has 3 heterocycles. The van der Waals surface area contributed by atoms with Crippen molar-refractivity contribution in [2.45, 2.75) is 63.3 Å². The zero-order valence-electron chi connectivity index (χ0n) is 17.5. The number of Topliss-reactive ketones (excluding diaryl/α,β-unsaturated/α-hetero) is 1. The van der Waals surface area contributed by atoms with Crippen LogP contribution in [0.15, 0.2) is 54.7 Å². The Morgan fingerprint density at radius 2 is 2.00 bits per heavy atom. The van der Waals surface area contributed by atoms with E-state index in [4.69, 9.17) is 14.2 Å². The van der Waals surface area contributed by atoms with E-state index < -0.39 is 11.9 Å². The number of benzene rings is 1. The van der Waals surface area contributed by atoms with Crippen LogP contribution in [0.3, 0.4) is 0 Å². The van der Waals surface area contributed by atoms with E-state index in [1.165, 1.54) is 0 Å². The van der Waals surface area contributed by atoms with E-state index in [0.29, 0.717) is 39.0 Å². The first-order valence-corrected chi connectivity index (χ1v) is 10.8. The van der Waals surface area contributed by atoms with Crippen molar-refractivity contribution in [1.82, 2.24) is 10.3 Å². The SMILES string of the molecule is O=C1C[C@@H](COCc2ccccc2)O[C@@]2(CCC[C@@H](C(=O)NCc3ccccn3)O2)C1. The quantitative estimate of drug-likeness (QED) is 0.736. The largest absolute Gasteiger partial charge is 0.374 e. The van der Waals surface area contributed by atoms with Gasteiger partial charge in [-0.25, -0.2) is 0 Å². The van der Waals surface area contributed by atoms with Crippen LogP contribution in [0.25, 0.3) is 0 Å². The van der Waals surface area contributed by atoms with Gasteiger partial charge >= 0.3 is 0 Å². The molecule has 1 aromatic carbocycles. The predicted octanol–water partition coefficient (Wildman–Crippen LogP) is 2.93. The summed E-state index contributed by atoms with van der Waals surface area (Å²) in [6.45, 7) is 1.10. The van der Waals surface area contributed by atoms with E-state index in [1.54, 1.807) is 6.20 Å². The Morgan fingerprint density at radius 1 is 1.16 bits per heavy atom. The first-order chi connectivity index (χ1) is 15.1. The lowest BCUT2D eigenvalue weighted by Crippen LogP contribution is -2.54. The van der Waals surface area contributed by atoms with Crippen LogP contribution in [0, 0.1) is 0 Å². The minimum Gasteiger partial charge on any atom is -0.374 e. The Morgan fingerprint density at radius 3 is 2.81 bits per heavy atom. The van der Waals surface area contributed by atoms with Crippen molar-refractivity contribution in [3.8, 4) is 0 Å². The van der Waals surface area contributed by atoms with Gasteiger partial charge in [-0.1, -0.05) is 36.4 Å². The molecule has 1 N–H and O–H groups in total. The van der Waals surface area contributed by atoms with Gasteiger partial charge in [0.1, 0.15) is 11.9 Å². The molecule has 0 saturated carbocycles. The molecular formula is C24H28N2O5. The third kappa shape index (κ3) is 5.97. The van der Waals surface area contributed by atoms with Crippen molar-refractivity contribution in [3.05, 3.63) is 66.0 Å². The number of pyridine rings is 1. The zero-order valence-corrected chi connectivity index (χ0v) is 17.5. The molecule has 0 unspecified atom stereocenters. The van der Waals surface area contributed by atoms with Crippen molar-refractivity contribution in [1.29, 1.82) is 0 Å². The fourth-order valence-electron chi connectivity index (χ4n) is 4.12. The van der Waals surface area contributed by atoms with E-state index in [0.717, 1.165) is 17.7 Å². The first kappa shape index (κ1) is 21.6. The highest BCUT2D eigenvalue weighted by Gasteiger charge is 2.47. The molecule has 4 rings (SSSR count). The fourth-order valence-corrected chi connectivity index (χ4v) is 4.12. The highest BCUT2D eigenvalue weighted by Crippen LogP contribution is 2.38. The second kappa shape index (κ2) is 10.1. The Hall–Kier alpha value is -2.61. The van der Waals surface area contributed by atoms with Gasteiger partial charge in [0.2, 0.25) is 5.91 Å². The number of carbonyl (C=O) groups is 2. The van der Waals surface area contributed by atoms with E-state index in [9.17, 15) is 9.59 Å². The normalized spacial score (nSPS) is 26.0. The molecule has 3 atom stereocenters. The van der Waals surface area contributed by atoms with Gasteiger partial charge in [-0.15, -0.1) is 0 Å². The van der Waals surface area contributed by atoms with Crippen LogP contribution in [-0.2, 0) is 37.0 Å². The maximum atomic E-state index is 12.7. The monoisotopic (exact) mass is 424 g/mol. The second-order valence-corrected chi connectivity index (χ2v) is 8.11. The molecule has 7 heteroatoms. The van der Waals surface area contributed by atoms with Gasteiger partial charge in [0.15, 0.2) is 5.79 Å². The van der Waals surface area contributed by atoms with E-state index in [1.807, 2.05) is 48.5 Å². The van der Waals surface area contributed by atoms with Gasteiger partial charge < -0.3 is 19.5 Å². The molecule has 0 radical (unpaired) electrons. The summed E-state index contributed by atoms with van der Waals surface area (Å²) < 4.78 is 18.1. The fraction of sp³-hybridized carbons (Fsp3) is 0.458. The summed E-state index contributed by atoms with van der Waals surface area (Å²) in [7, 11) is 0. The molecule has 31 heavy (non-hydrogen) atoms.